The number of hydrogen-bond donors (Lipinski definition) is 1. The summed E-state index contributed by atoms with van der Waals surface area (Å²) in [4.78, 5) is 4.44. The van der Waals surface area contributed by atoms with Gasteiger partial charge in [0, 0.05) is 12.5 Å². The van der Waals surface area contributed by atoms with Gasteiger partial charge in [-0.25, -0.2) is 0 Å². The highest BCUT2D eigenvalue weighted by molar-refractivity contribution is 5.30. The van der Waals surface area contributed by atoms with Gasteiger partial charge in [-0.05, 0) is 24.3 Å². The Morgan fingerprint density at radius 2 is 2.14 bits per heavy atom. The van der Waals surface area contributed by atoms with E-state index in [1.54, 1.807) is 0 Å². The van der Waals surface area contributed by atoms with Crippen molar-refractivity contribution in [2.75, 3.05) is 13.2 Å². The standard InChI is InChI=1S/C16H21N3O2/c1-2-8-20-10-14(17)15-18-16(21-19-15)13-9-12(13)11-6-4-3-5-7-11/h3-7,12-14H,2,8-10,17H2,1H3. The molecule has 1 aromatic heterocycles. The lowest BCUT2D eigenvalue weighted by Gasteiger charge is -2.06. The summed E-state index contributed by atoms with van der Waals surface area (Å²) in [6.07, 6.45) is 2.04. The zero-order valence-corrected chi connectivity index (χ0v) is 12.2. The molecule has 3 rings (SSSR count). The Morgan fingerprint density at radius 1 is 1.33 bits per heavy atom. The summed E-state index contributed by atoms with van der Waals surface area (Å²) >= 11 is 0. The van der Waals surface area contributed by atoms with Gasteiger partial charge < -0.3 is 15.0 Å². The van der Waals surface area contributed by atoms with Crippen LogP contribution in [0.15, 0.2) is 34.9 Å². The van der Waals surface area contributed by atoms with E-state index in [1.165, 1.54) is 5.56 Å². The van der Waals surface area contributed by atoms with Gasteiger partial charge in [-0.2, -0.15) is 4.98 Å². The number of rotatable bonds is 7. The summed E-state index contributed by atoms with van der Waals surface area (Å²) < 4.78 is 10.8. The SMILES string of the molecule is CCCOCC(N)c1noc(C2CC2c2ccccc2)n1. The third-order valence-corrected chi connectivity index (χ3v) is 3.77. The van der Waals surface area contributed by atoms with E-state index in [0.29, 0.717) is 36.8 Å². The first-order chi connectivity index (χ1) is 10.3. The van der Waals surface area contributed by atoms with E-state index >= 15 is 0 Å². The highest BCUT2D eigenvalue weighted by Crippen LogP contribution is 2.53. The average molecular weight is 287 g/mol. The van der Waals surface area contributed by atoms with Crippen LogP contribution in [0.1, 0.15) is 54.9 Å². The molecule has 1 aliphatic carbocycles. The molecular formula is C16H21N3O2. The van der Waals surface area contributed by atoms with Gasteiger partial charge in [-0.3, -0.25) is 0 Å². The molecule has 3 atom stereocenters. The molecule has 2 N–H and O–H groups in total. The third-order valence-electron chi connectivity index (χ3n) is 3.77. The maximum Gasteiger partial charge on any atom is 0.230 e. The van der Waals surface area contributed by atoms with E-state index < -0.39 is 0 Å². The minimum atomic E-state index is -0.317. The van der Waals surface area contributed by atoms with E-state index in [2.05, 4.69) is 41.3 Å². The number of hydrogen-bond acceptors (Lipinski definition) is 5. The fourth-order valence-electron chi connectivity index (χ4n) is 2.51. The molecule has 0 aliphatic heterocycles. The first kappa shape index (κ1) is 14.2. The molecule has 3 unspecified atom stereocenters. The molecule has 2 aromatic rings. The Labute approximate surface area is 124 Å². The van der Waals surface area contributed by atoms with Crippen molar-refractivity contribution in [1.82, 2.24) is 10.1 Å². The van der Waals surface area contributed by atoms with Crippen LogP contribution in [-0.4, -0.2) is 23.4 Å². The molecule has 5 nitrogen and oxygen atoms in total. The molecule has 1 heterocycles. The van der Waals surface area contributed by atoms with Gasteiger partial charge in [0.05, 0.1) is 12.6 Å². The molecule has 1 fully saturated rings. The lowest BCUT2D eigenvalue weighted by molar-refractivity contribution is 0.119. The Bertz CT molecular complexity index is 570. The summed E-state index contributed by atoms with van der Waals surface area (Å²) in [5, 5.41) is 3.99. The van der Waals surface area contributed by atoms with Crippen LogP contribution in [0.2, 0.25) is 0 Å². The summed E-state index contributed by atoms with van der Waals surface area (Å²) in [6.45, 7) is 3.20. The smallest absolute Gasteiger partial charge is 0.230 e. The Morgan fingerprint density at radius 3 is 2.90 bits per heavy atom. The van der Waals surface area contributed by atoms with Crippen LogP contribution in [0.25, 0.3) is 0 Å². The van der Waals surface area contributed by atoms with Crippen molar-refractivity contribution in [1.29, 1.82) is 0 Å². The third kappa shape index (κ3) is 3.31. The number of ether oxygens (including phenoxy) is 1. The van der Waals surface area contributed by atoms with Gasteiger partial charge in [0.2, 0.25) is 5.89 Å². The topological polar surface area (TPSA) is 74.2 Å². The zero-order valence-electron chi connectivity index (χ0n) is 12.2. The first-order valence-electron chi connectivity index (χ1n) is 7.51. The van der Waals surface area contributed by atoms with Crippen molar-refractivity contribution in [2.24, 2.45) is 5.73 Å². The van der Waals surface area contributed by atoms with Crippen molar-refractivity contribution >= 4 is 0 Å². The molecule has 0 saturated heterocycles. The van der Waals surface area contributed by atoms with Crippen LogP contribution in [0.5, 0.6) is 0 Å². The highest BCUT2D eigenvalue weighted by Gasteiger charge is 2.43. The van der Waals surface area contributed by atoms with E-state index in [4.69, 9.17) is 15.0 Å². The predicted molar refractivity (Wildman–Crippen MR) is 78.9 cm³/mol. The molecule has 1 saturated carbocycles. The zero-order chi connectivity index (χ0) is 14.7. The summed E-state index contributed by atoms with van der Waals surface area (Å²) in [6, 6.07) is 10.1. The second-order valence-electron chi connectivity index (χ2n) is 5.53. The van der Waals surface area contributed by atoms with Gasteiger partial charge >= 0.3 is 0 Å². The first-order valence-corrected chi connectivity index (χ1v) is 7.51. The predicted octanol–water partition coefficient (Wildman–Crippen LogP) is 2.77. The fraction of sp³-hybridized carbons (Fsp3) is 0.500. The van der Waals surface area contributed by atoms with Crippen LogP contribution >= 0.6 is 0 Å². The van der Waals surface area contributed by atoms with Crippen molar-refractivity contribution in [3.8, 4) is 0 Å². The van der Waals surface area contributed by atoms with Crippen LogP contribution in [0.3, 0.4) is 0 Å². The van der Waals surface area contributed by atoms with Gasteiger partial charge in [-0.15, -0.1) is 0 Å². The molecule has 0 radical (unpaired) electrons. The van der Waals surface area contributed by atoms with E-state index in [0.717, 1.165) is 12.8 Å². The van der Waals surface area contributed by atoms with Crippen molar-refractivity contribution in [3.05, 3.63) is 47.6 Å². The van der Waals surface area contributed by atoms with Gasteiger partial charge in [-0.1, -0.05) is 42.4 Å². The molecule has 0 amide bonds. The molecule has 21 heavy (non-hydrogen) atoms. The average Bonchev–Trinajstić information content (AvgIpc) is 3.17. The minimum absolute atomic E-state index is 0.317. The molecule has 0 bridgehead atoms. The van der Waals surface area contributed by atoms with E-state index in [9.17, 15) is 0 Å². The van der Waals surface area contributed by atoms with Crippen molar-refractivity contribution in [2.45, 2.75) is 37.6 Å². The normalized spacial score (nSPS) is 22.2. The van der Waals surface area contributed by atoms with Crippen LogP contribution in [-0.2, 0) is 4.74 Å². The molecule has 0 spiro atoms. The van der Waals surface area contributed by atoms with Crippen LogP contribution in [0, 0.1) is 0 Å². The highest BCUT2D eigenvalue weighted by atomic mass is 16.5. The number of nitrogens with two attached hydrogens (primary N) is 1. The van der Waals surface area contributed by atoms with Gasteiger partial charge in [0.1, 0.15) is 0 Å². The monoisotopic (exact) mass is 287 g/mol. The number of nitrogens with zero attached hydrogens (tertiary/aromatic N) is 2. The minimum Gasteiger partial charge on any atom is -0.379 e. The summed E-state index contributed by atoms with van der Waals surface area (Å²) in [5.41, 5.74) is 7.34. The van der Waals surface area contributed by atoms with Crippen molar-refractivity contribution < 1.29 is 9.26 Å². The lowest BCUT2D eigenvalue weighted by atomic mass is 10.1. The molecular weight excluding hydrogens is 266 g/mol. The number of benzene rings is 1. The molecule has 1 aliphatic rings. The Kier molecular flexibility index (Phi) is 4.31. The Hall–Kier alpha value is -1.72. The molecule has 112 valence electrons. The van der Waals surface area contributed by atoms with E-state index in [1.807, 2.05) is 6.07 Å². The molecule has 1 aromatic carbocycles. The summed E-state index contributed by atoms with van der Waals surface area (Å²) in [5.74, 6) is 2.06. The van der Waals surface area contributed by atoms with Crippen LogP contribution in [0.4, 0.5) is 0 Å². The lowest BCUT2D eigenvalue weighted by Crippen LogP contribution is -2.18. The molecule has 5 heteroatoms. The number of aromatic nitrogens is 2. The second-order valence-corrected chi connectivity index (χ2v) is 5.53. The fourth-order valence-corrected chi connectivity index (χ4v) is 2.51. The van der Waals surface area contributed by atoms with Crippen LogP contribution < -0.4 is 5.73 Å². The maximum absolute atomic E-state index is 6.01. The maximum atomic E-state index is 6.01. The summed E-state index contributed by atoms with van der Waals surface area (Å²) in [7, 11) is 0. The quantitative estimate of drug-likeness (QED) is 0.793. The largest absolute Gasteiger partial charge is 0.379 e. The second kappa shape index (κ2) is 6.37. The van der Waals surface area contributed by atoms with Gasteiger partial charge in [0.15, 0.2) is 5.82 Å². The Balaban J connectivity index is 1.59. The van der Waals surface area contributed by atoms with Crippen molar-refractivity contribution in [3.63, 3.8) is 0 Å². The van der Waals surface area contributed by atoms with E-state index in [-0.39, 0.29) is 6.04 Å². The van der Waals surface area contributed by atoms with Gasteiger partial charge in [0.25, 0.3) is 0 Å².